The van der Waals surface area contributed by atoms with Gasteiger partial charge in [0, 0.05) is 23.5 Å². The first-order valence-corrected chi connectivity index (χ1v) is 8.91. The van der Waals surface area contributed by atoms with Gasteiger partial charge in [0.15, 0.2) is 0 Å². The normalized spacial score (nSPS) is 16.0. The quantitative estimate of drug-likeness (QED) is 0.668. The third kappa shape index (κ3) is 3.85. The van der Waals surface area contributed by atoms with Crippen molar-refractivity contribution in [2.24, 2.45) is 0 Å². The first kappa shape index (κ1) is 19.1. The van der Waals surface area contributed by atoms with E-state index in [1.54, 1.807) is 19.2 Å². The van der Waals surface area contributed by atoms with Gasteiger partial charge in [0.05, 0.1) is 17.4 Å². The second kappa shape index (κ2) is 6.98. The van der Waals surface area contributed by atoms with Crippen LogP contribution in [0.4, 0.5) is 17.6 Å². The van der Waals surface area contributed by atoms with Gasteiger partial charge in [-0.1, -0.05) is 0 Å². The Morgan fingerprint density at radius 3 is 2.76 bits per heavy atom. The van der Waals surface area contributed by atoms with E-state index < -0.39 is 23.6 Å². The minimum atomic E-state index is -4.55. The Morgan fingerprint density at radius 1 is 1.24 bits per heavy atom. The van der Waals surface area contributed by atoms with Crippen molar-refractivity contribution in [2.45, 2.75) is 32.0 Å². The molecular formula is C20H16F4N4O. The number of nitrogens with zero attached hydrogens (tertiary/aromatic N) is 3. The molecule has 0 radical (unpaired) electrons. The van der Waals surface area contributed by atoms with Crippen molar-refractivity contribution in [3.8, 4) is 5.69 Å². The maximum atomic E-state index is 13.6. The van der Waals surface area contributed by atoms with E-state index in [2.05, 4.69) is 15.4 Å². The second-order valence-electron chi connectivity index (χ2n) is 6.95. The number of rotatable bonds is 3. The average Bonchev–Trinajstić information content (AvgIpc) is 3.22. The average molecular weight is 404 g/mol. The summed E-state index contributed by atoms with van der Waals surface area (Å²) in [7, 11) is 0. The molecular weight excluding hydrogens is 388 g/mol. The van der Waals surface area contributed by atoms with E-state index in [1.807, 2.05) is 0 Å². The van der Waals surface area contributed by atoms with Gasteiger partial charge in [-0.15, -0.1) is 0 Å². The van der Waals surface area contributed by atoms with Crippen LogP contribution in [0.25, 0.3) is 5.69 Å². The molecule has 0 bridgehead atoms. The molecule has 1 aliphatic carbocycles. The highest BCUT2D eigenvalue weighted by atomic mass is 19.4. The second-order valence-corrected chi connectivity index (χ2v) is 6.95. The zero-order valence-corrected chi connectivity index (χ0v) is 15.3. The van der Waals surface area contributed by atoms with Crippen LogP contribution in [0.1, 0.15) is 45.3 Å². The molecule has 0 aliphatic heterocycles. The van der Waals surface area contributed by atoms with E-state index in [0.29, 0.717) is 24.1 Å². The Morgan fingerprint density at radius 2 is 2.03 bits per heavy atom. The van der Waals surface area contributed by atoms with Gasteiger partial charge in [-0.05, 0) is 55.7 Å². The van der Waals surface area contributed by atoms with E-state index >= 15 is 0 Å². The number of nitrogens with one attached hydrogen (secondary N) is 1. The number of aromatic nitrogens is 3. The van der Waals surface area contributed by atoms with Gasteiger partial charge < -0.3 is 5.32 Å². The first-order valence-electron chi connectivity index (χ1n) is 8.91. The Hall–Kier alpha value is -3.23. The summed E-state index contributed by atoms with van der Waals surface area (Å²) in [5.41, 5.74) is 1.51. The molecule has 0 saturated carbocycles. The van der Waals surface area contributed by atoms with Crippen molar-refractivity contribution < 1.29 is 22.4 Å². The predicted octanol–water partition coefficient (Wildman–Crippen LogP) is 4.15. The molecule has 1 amide bonds. The van der Waals surface area contributed by atoms with Crippen LogP contribution in [-0.4, -0.2) is 20.7 Å². The fraction of sp³-hybridized carbons (Fsp3) is 0.250. The Balaban J connectivity index is 1.57. The zero-order valence-electron chi connectivity index (χ0n) is 15.3. The smallest absolute Gasteiger partial charge is 0.345 e. The van der Waals surface area contributed by atoms with Crippen molar-refractivity contribution in [1.29, 1.82) is 0 Å². The summed E-state index contributed by atoms with van der Waals surface area (Å²) >= 11 is 0. The van der Waals surface area contributed by atoms with E-state index in [4.69, 9.17) is 0 Å². The molecule has 0 spiro atoms. The van der Waals surface area contributed by atoms with Crippen LogP contribution in [0.2, 0.25) is 0 Å². The summed E-state index contributed by atoms with van der Waals surface area (Å²) in [4.78, 5) is 15.9. The van der Waals surface area contributed by atoms with E-state index in [9.17, 15) is 22.4 Å². The van der Waals surface area contributed by atoms with Crippen molar-refractivity contribution in [2.75, 3.05) is 0 Å². The predicted molar refractivity (Wildman–Crippen MR) is 96.0 cm³/mol. The molecule has 0 fully saturated rings. The molecule has 9 heteroatoms. The Labute approximate surface area is 163 Å². The summed E-state index contributed by atoms with van der Waals surface area (Å²) in [5.74, 6) is -0.908. The first-order chi connectivity index (χ1) is 13.7. The maximum Gasteiger partial charge on any atom is 0.433 e. The fourth-order valence-electron chi connectivity index (χ4n) is 3.45. The number of aryl methyl sites for hydroxylation is 2. The number of benzene rings is 1. The Bertz CT molecular complexity index is 1070. The highest BCUT2D eigenvalue weighted by molar-refractivity contribution is 5.94. The lowest BCUT2D eigenvalue weighted by Crippen LogP contribution is -2.27. The van der Waals surface area contributed by atoms with Crippen LogP contribution in [0.15, 0.2) is 42.7 Å². The van der Waals surface area contributed by atoms with Gasteiger partial charge in [0.25, 0.3) is 5.91 Å². The van der Waals surface area contributed by atoms with Crippen LogP contribution in [0.5, 0.6) is 0 Å². The number of hydrogen-bond donors (Lipinski definition) is 1. The molecule has 29 heavy (non-hydrogen) atoms. The summed E-state index contributed by atoms with van der Waals surface area (Å²) in [6.45, 7) is 1.70. The molecule has 1 atom stereocenters. The number of carbonyl (C=O) groups is 1. The van der Waals surface area contributed by atoms with Gasteiger partial charge in [-0.25, -0.2) is 9.07 Å². The number of fused-ring (bicyclic) bond motifs is 1. The molecule has 0 saturated heterocycles. The highest BCUT2D eigenvalue weighted by Crippen LogP contribution is 2.32. The minimum Gasteiger partial charge on any atom is -0.345 e. The molecule has 4 rings (SSSR count). The third-order valence-electron chi connectivity index (χ3n) is 4.78. The topological polar surface area (TPSA) is 59.8 Å². The van der Waals surface area contributed by atoms with Crippen molar-refractivity contribution in [3.63, 3.8) is 0 Å². The van der Waals surface area contributed by atoms with Crippen LogP contribution in [0.3, 0.4) is 0 Å². The molecule has 5 nitrogen and oxygen atoms in total. The van der Waals surface area contributed by atoms with Crippen LogP contribution in [-0.2, 0) is 12.6 Å². The minimum absolute atomic E-state index is 0.215. The SMILES string of the molecule is Cc1cc(F)cc(C(=O)N[C@H]2CCc3nn(-c4ccnc(C(F)(F)F)c4)cc32)c1. The number of halogens is 4. The molecule has 1 N–H and O–H groups in total. The molecule has 150 valence electrons. The summed E-state index contributed by atoms with van der Waals surface area (Å²) < 4.78 is 53.6. The summed E-state index contributed by atoms with van der Waals surface area (Å²) in [5, 5.41) is 7.21. The molecule has 3 aromatic rings. The van der Waals surface area contributed by atoms with Crippen LogP contribution >= 0.6 is 0 Å². The van der Waals surface area contributed by atoms with Crippen molar-refractivity contribution in [3.05, 3.63) is 76.6 Å². The van der Waals surface area contributed by atoms with Gasteiger partial charge >= 0.3 is 6.18 Å². The van der Waals surface area contributed by atoms with Gasteiger partial charge in [0.2, 0.25) is 0 Å². The summed E-state index contributed by atoms with van der Waals surface area (Å²) in [6, 6.07) is 6.09. The fourth-order valence-corrected chi connectivity index (χ4v) is 3.45. The largest absolute Gasteiger partial charge is 0.433 e. The lowest BCUT2D eigenvalue weighted by molar-refractivity contribution is -0.141. The lowest BCUT2D eigenvalue weighted by Gasteiger charge is -2.13. The highest BCUT2D eigenvalue weighted by Gasteiger charge is 2.33. The third-order valence-corrected chi connectivity index (χ3v) is 4.78. The monoisotopic (exact) mass is 404 g/mol. The van der Waals surface area contributed by atoms with Crippen LogP contribution in [0, 0.1) is 12.7 Å². The standard InChI is InChI=1S/C20H16F4N4O/c1-11-6-12(8-13(21)7-11)19(29)26-16-2-3-17-15(16)10-28(27-17)14-4-5-25-18(9-14)20(22,23)24/h4-10,16H,2-3H2,1H3,(H,26,29)/t16-/m0/s1. The number of alkyl halides is 3. The number of hydrogen-bond acceptors (Lipinski definition) is 3. The molecule has 2 heterocycles. The maximum absolute atomic E-state index is 13.6. The van der Waals surface area contributed by atoms with E-state index in [-0.39, 0.29) is 17.3 Å². The molecule has 2 aromatic heterocycles. The molecule has 1 aliphatic rings. The van der Waals surface area contributed by atoms with Crippen molar-refractivity contribution >= 4 is 5.91 Å². The van der Waals surface area contributed by atoms with Crippen molar-refractivity contribution in [1.82, 2.24) is 20.1 Å². The number of carbonyl (C=O) groups excluding carboxylic acids is 1. The summed E-state index contributed by atoms with van der Waals surface area (Å²) in [6.07, 6.45) is -0.670. The van der Waals surface area contributed by atoms with Gasteiger partial charge in [-0.2, -0.15) is 18.3 Å². The van der Waals surface area contributed by atoms with Gasteiger partial charge in [0.1, 0.15) is 11.5 Å². The Kier molecular flexibility index (Phi) is 4.60. The van der Waals surface area contributed by atoms with E-state index in [1.165, 1.54) is 16.8 Å². The van der Waals surface area contributed by atoms with E-state index in [0.717, 1.165) is 23.9 Å². The molecule has 0 unspecified atom stereocenters. The van der Waals surface area contributed by atoms with Gasteiger partial charge in [-0.3, -0.25) is 9.78 Å². The zero-order chi connectivity index (χ0) is 20.8. The lowest BCUT2D eigenvalue weighted by atomic mass is 10.1. The van der Waals surface area contributed by atoms with Crippen LogP contribution < -0.4 is 5.32 Å². The number of pyridine rings is 1. The number of amides is 1. The molecule has 1 aromatic carbocycles.